The fraction of sp³-hybridized carbons (Fsp3) is 0.0294. The largest absolute Gasteiger partial charge is 0.360 e. The molecule has 0 saturated heterocycles. The van der Waals surface area contributed by atoms with E-state index in [0.717, 1.165) is 33.8 Å². The van der Waals surface area contributed by atoms with Gasteiger partial charge in [0.15, 0.2) is 0 Å². The van der Waals surface area contributed by atoms with Crippen LogP contribution in [0.3, 0.4) is 0 Å². The molecule has 0 fully saturated rings. The van der Waals surface area contributed by atoms with Crippen molar-refractivity contribution < 1.29 is 0 Å². The van der Waals surface area contributed by atoms with E-state index in [1.165, 1.54) is 21.8 Å². The van der Waals surface area contributed by atoms with Gasteiger partial charge in [0.2, 0.25) is 0 Å². The van der Waals surface area contributed by atoms with Gasteiger partial charge in [-0.3, -0.25) is 4.99 Å². The number of nitrogens with zero attached hydrogens (tertiary/aromatic N) is 2. The van der Waals surface area contributed by atoms with Gasteiger partial charge in [0.05, 0.1) is 16.7 Å². The lowest BCUT2D eigenvalue weighted by molar-refractivity contribution is 0.664. The number of hydrogen-bond donors (Lipinski definition) is 1. The van der Waals surface area contributed by atoms with E-state index in [4.69, 9.17) is 4.99 Å². The van der Waals surface area contributed by atoms with Gasteiger partial charge in [0.1, 0.15) is 6.17 Å². The molecular formula is C34H25N3. The van der Waals surface area contributed by atoms with Gasteiger partial charge in [-0.25, -0.2) is 0 Å². The van der Waals surface area contributed by atoms with Gasteiger partial charge in [-0.15, -0.1) is 0 Å². The van der Waals surface area contributed by atoms with Crippen molar-refractivity contribution in [1.82, 2.24) is 9.88 Å². The number of nitrogens with one attached hydrogen (secondary N) is 1. The van der Waals surface area contributed by atoms with Gasteiger partial charge in [-0.05, 0) is 47.0 Å². The van der Waals surface area contributed by atoms with Gasteiger partial charge in [0.25, 0.3) is 0 Å². The second-order valence-electron chi connectivity index (χ2n) is 9.31. The SMILES string of the molecule is C1=C(c2ccc(-n3c4ccccc4c4ccccc43)cc2)NC(c2ccccc2)N=C1c1ccccc1. The zero-order chi connectivity index (χ0) is 24.6. The first kappa shape index (κ1) is 21.4. The van der Waals surface area contributed by atoms with Crippen LogP contribution in [0.25, 0.3) is 33.2 Å². The van der Waals surface area contributed by atoms with Crippen LogP contribution in [0.5, 0.6) is 0 Å². The summed E-state index contributed by atoms with van der Waals surface area (Å²) in [6.07, 6.45) is 2.01. The molecule has 1 unspecified atom stereocenters. The molecule has 0 aliphatic carbocycles. The Bertz CT molecular complexity index is 1720. The lowest BCUT2D eigenvalue weighted by Crippen LogP contribution is -2.24. The average molecular weight is 476 g/mol. The topological polar surface area (TPSA) is 29.3 Å². The smallest absolute Gasteiger partial charge is 0.145 e. The standard InChI is InChI=1S/C34H25N3/c1-3-11-24(12-4-1)30-23-31(36-34(35-30)26-13-5-2-6-14-26)25-19-21-27(22-20-25)37-32-17-9-7-15-28(32)29-16-8-10-18-33(29)37/h1-23,34,36H. The first-order chi connectivity index (χ1) is 18.3. The second kappa shape index (κ2) is 8.96. The maximum Gasteiger partial charge on any atom is 0.145 e. The highest BCUT2D eigenvalue weighted by atomic mass is 15.1. The molecule has 1 aromatic heterocycles. The molecule has 0 spiro atoms. The Morgan fingerprint density at radius 2 is 1.11 bits per heavy atom. The van der Waals surface area contributed by atoms with Crippen LogP contribution >= 0.6 is 0 Å². The van der Waals surface area contributed by atoms with E-state index in [-0.39, 0.29) is 6.17 Å². The Morgan fingerprint density at radius 3 is 1.76 bits per heavy atom. The van der Waals surface area contributed by atoms with Crippen LogP contribution in [0.15, 0.2) is 145 Å². The summed E-state index contributed by atoms with van der Waals surface area (Å²) in [6.45, 7) is 0. The van der Waals surface area contributed by atoms with Crippen LogP contribution < -0.4 is 5.32 Å². The fourth-order valence-electron chi connectivity index (χ4n) is 5.25. The normalized spacial score (nSPS) is 15.3. The Kier molecular flexibility index (Phi) is 5.18. The van der Waals surface area contributed by atoms with Crippen LogP contribution in [0.4, 0.5) is 0 Å². The zero-order valence-electron chi connectivity index (χ0n) is 20.3. The molecule has 5 aromatic carbocycles. The summed E-state index contributed by atoms with van der Waals surface area (Å²) < 4.78 is 2.35. The first-order valence-electron chi connectivity index (χ1n) is 12.6. The zero-order valence-corrected chi connectivity index (χ0v) is 20.3. The molecule has 1 atom stereocenters. The summed E-state index contributed by atoms with van der Waals surface area (Å²) in [6, 6.07) is 46.9. The summed E-state index contributed by atoms with van der Waals surface area (Å²) in [7, 11) is 0. The number of rotatable bonds is 4. The minimum atomic E-state index is -0.145. The number of para-hydroxylation sites is 2. The number of aliphatic imine (C=N–C) groups is 1. The molecule has 176 valence electrons. The molecular weight excluding hydrogens is 450 g/mol. The number of benzene rings is 5. The van der Waals surface area contributed by atoms with Gasteiger partial charge in [0, 0.05) is 22.2 Å². The van der Waals surface area contributed by atoms with Crippen molar-refractivity contribution in [3.05, 3.63) is 156 Å². The number of allylic oxidation sites excluding steroid dienone is 1. The molecule has 0 radical (unpaired) electrons. The quantitative estimate of drug-likeness (QED) is 0.276. The van der Waals surface area contributed by atoms with E-state index >= 15 is 0 Å². The predicted octanol–water partition coefficient (Wildman–Crippen LogP) is 7.92. The minimum absolute atomic E-state index is 0.145. The molecule has 0 amide bonds. The minimum Gasteiger partial charge on any atom is -0.360 e. The van der Waals surface area contributed by atoms with Crippen molar-refractivity contribution in [3.63, 3.8) is 0 Å². The molecule has 3 heteroatoms. The van der Waals surface area contributed by atoms with Crippen molar-refractivity contribution in [1.29, 1.82) is 0 Å². The summed E-state index contributed by atoms with van der Waals surface area (Å²) in [5.41, 5.74) is 9.02. The van der Waals surface area contributed by atoms with Gasteiger partial charge < -0.3 is 9.88 Å². The molecule has 1 aliphatic heterocycles. The summed E-state index contributed by atoms with van der Waals surface area (Å²) >= 11 is 0. The van der Waals surface area contributed by atoms with Crippen LogP contribution in [-0.2, 0) is 0 Å². The third-order valence-electron chi connectivity index (χ3n) is 7.04. The number of hydrogen-bond acceptors (Lipinski definition) is 2. The average Bonchev–Trinajstić information content (AvgIpc) is 3.32. The molecule has 6 aromatic rings. The van der Waals surface area contributed by atoms with E-state index in [1.54, 1.807) is 0 Å². The Hall–Kier alpha value is -4.89. The molecule has 3 nitrogen and oxygen atoms in total. The lowest BCUT2D eigenvalue weighted by atomic mass is 10.0. The highest BCUT2D eigenvalue weighted by Gasteiger charge is 2.19. The predicted molar refractivity (Wildman–Crippen MR) is 154 cm³/mol. The summed E-state index contributed by atoms with van der Waals surface area (Å²) in [4.78, 5) is 5.05. The maximum atomic E-state index is 5.05. The summed E-state index contributed by atoms with van der Waals surface area (Å²) in [5.74, 6) is 0. The summed E-state index contributed by atoms with van der Waals surface area (Å²) in [5, 5.41) is 6.21. The van der Waals surface area contributed by atoms with E-state index in [0.29, 0.717) is 0 Å². The van der Waals surface area contributed by atoms with Gasteiger partial charge in [-0.1, -0.05) is 109 Å². The van der Waals surface area contributed by atoms with Crippen molar-refractivity contribution in [2.75, 3.05) is 0 Å². The molecule has 1 N–H and O–H groups in total. The maximum absolute atomic E-state index is 5.05. The monoisotopic (exact) mass is 475 g/mol. The molecule has 0 saturated carbocycles. The third kappa shape index (κ3) is 3.82. The Morgan fingerprint density at radius 1 is 0.541 bits per heavy atom. The van der Waals surface area contributed by atoms with Crippen LogP contribution in [-0.4, -0.2) is 10.3 Å². The first-order valence-corrected chi connectivity index (χ1v) is 12.6. The Labute approximate surface area is 216 Å². The van der Waals surface area contributed by atoms with E-state index in [9.17, 15) is 0 Å². The number of aromatic nitrogens is 1. The second-order valence-corrected chi connectivity index (χ2v) is 9.31. The van der Waals surface area contributed by atoms with Crippen LogP contribution in [0.2, 0.25) is 0 Å². The van der Waals surface area contributed by atoms with Gasteiger partial charge in [-0.2, -0.15) is 0 Å². The molecule has 7 rings (SSSR count). The lowest BCUT2D eigenvalue weighted by Gasteiger charge is -2.25. The van der Waals surface area contributed by atoms with Crippen LogP contribution in [0.1, 0.15) is 22.9 Å². The molecule has 0 bridgehead atoms. The third-order valence-corrected chi connectivity index (χ3v) is 7.04. The van der Waals surface area contributed by atoms with Gasteiger partial charge >= 0.3 is 0 Å². The van der Waals surface area contributed by atoms with Crippen molar-refractivity contribution >= 4 is 33.2 Å². The van der Waals surface area contributed by atoms with E-state index in [1.807, 2.05) is 12.1 Å². The molecule has 1 aliphatic rings. The highest BCUT2D eigenvalue weighted by Crippen LogP contribution is 2.33. The van der Waals surface area contributed by atoms with E-state index in [2.05, 4.69) is 137 Å². The highest BCUT2D eigenvalue weighted by molar-refractivity contribution is 6.13. The molecule has 37 heavy (non-hydrogen) atoms. The molecule has 2 heterocycles. The Balaban J connectivity index is 1.31. The van der Waals surface area contributed by atoms with E-state index < -0.39 is 0 Å². The fourth-order valence-corrected chi connectivity index (χ4v) is 5.25. The number of fused-ring (bicyclic) bond motifs is 3. The van der Waals surface area contributed by atoms with Crippen molar-refractivity contribution in [2.24, 2.45) is 4.99 Å². The van der Waals surface area contributed by atoms with Crippen molar-refractivity contribution in [3.8, 4) is 5.69 Å². The van der Waals surface area contributed by atoms with Crippen molar-refractivity contribution in [2.45, 2.75) is 6.17 Å². The van der Waals surface area contributed by atoms with Crippen LogP contribution in [0, 0.1) is 0 Å².